The van der Waals surface area contributed by atoms with E-state index < -0.39 is 11.9 Å². The Bertz CT molecular complexity index is 1020. The maximum atomic E-state index is 14.9. The van der Waals surface area contributed by atoms with Gasteiger partial charge in [0.2, 0.25) is 11.8 Å². The Hall–Kier alpha value is -3.06. The molecule has 1 unspecified atom stereocenters. The molecule has 4 rings (SSSR count). The molecule has 3 aromatic rings. The van der Waals surface area contributed by atoms with Crippen LogP contribution in [0.25, 0.3) is 0 Å². The first kappa shape index (κ1) is 21.2. The standard InChI is InChI=1S/C24H24FN3O2S/c25-20-9-3-4-10-21(20)28(22(29)16-19-8-5-15-31-19)23(17-11-13-26-14-12-17)24(30)27-18-6-1-2-7-18/h3-5,8-15,18,23H,1-2,6-7,16H2,(H,27,30). The summed E-state index contributed by atoms with van der Waals surface area (Å²) in [5.74, 6) is -1.19. The number of nitrogens with one attached hydrogen (secondary N) is 1. The summed E-state index contributed by atoms with van der Waals surface area (Å²) in [5.41, 5.74) is 0.681. The van der Waals surface area contributed by atoms with Crippen LogP contribution in [-0.4, -0.2) is 22.8 Å². The second-order valence-electron chi connectivity index (χ2n) is 7.64. The zero-order valence-corrected chi connectivity index (χ0v) is 17.9. The molecule has 0 aliphatic heterocycles. The molecule has 2 amide bonds. The first-order chi connectivity index (χ1) is 15.1. The SMILES string of the molecule is O=C(NC1CCCC1)C(c1ccncc1)N(C(=O)Cc1cccs1)c1ccccc1F. The van der Waals surface area contributed by atoms with Gasteiger partial charge in [0.25, 0.3) is 0 Å². The van der Waals surface area contributed by atoms with Gasteiger partial charge in [-0.25, -0.2) is 4.39 Å². The van der Waals surface area contributed by atoms with Gasteiger partial charge < -0.3 is 5.32 Å². The number of para-hydroxylation sites is 1. The molecule has 1 N–H and O–H groups in total. The van der Waals surface area contributed by atoms with E-state index in [2.05, 4.69) is 10.3 Å². The summed E-state index contributed by atoms with van der Waals surface area (Å²) in [6.45, 7) is 0. The molecule has 0 bridgehead atoms. The lowest BCUT2D eigenvalue weighted by Crippen LogP contribution is -2.47. The summed E-state index contributed by atoms with van der Waals surface area (Å²) < 4.78 is 14.9. The molecule has 0 saturated heterocycles. The highest BCUT2D eigenvalue weighted by molar-refractivity contribution is 7.10. The molecule has 2 aromatic heterocycles. The van der Waals surface area contributed by atoms with E-state index in [0.717, 1.165) is 30.6 Å². The van der Waals surface area contributed by atoms with E-state index in [9.17, 15) is 14.0 Å². The van der Waals surface area contributed by atoms with Crippen LogP contribution in [0.15, 0.2) is 66.3 Å². The number of hydrogen-bond donors (Lipinski definition) is 1. The fourth-order valence-electron chi connectivity index (χ4n) is 4.03. The van der Waals surface area contributed by atoms with E-state index in [0.29, 0.717) is 5.56 Å². The van der Waals surface area contributed by atoms with Crippen LogP contribution in [0.5, 0.6) is 0 Å². The number of carbonyl (C=O) groups is 2. The third kappa shape index (κ3) is 4.99. The molecule has 1 aromatic carbocycles. The number of halogens is 1. The zero-order valence-electron chi connectivity index (χ0n) is 17.0. The van der Waals surface area contributed by atoms with Crippen LogP contribution in [0.2, 0.25) is 0 Å². The molecule has 5 nitrogen and oxygen atoms in total. The minimum Gasteiger partial charge on any atom is -0.351 e. The predicted molar refractivity (Wildman–Crippen MR) is 119 cm³/mol. The Morgan fingerprint density at radius 1 is 1.10 bits per heavy atom. The average molecular weight is 438 g/mol. The Morgan fingerprint density at radius 3 is 2.52 bits per heavy atom. The first-order valence-corrected chi connectivity index (χ1v) is 11.3. The molecule has 2 heterocycles. The van der Waals surface area contributed by atoms with Gasteiger partial charge in [-0.15, -0.1) is 11.3 Å². The van der Waals surface area contributed by atoms with Gasteiger partial charge in [0.1, 0.15) is 11.9 Å². The van der Waals surface area contributed by atoms with E-state index in [1.807, 2.05) is 17.5 Å². The minimum absolute atomic E-state index is 0.0757. The van der Waals surface area contributed by atoms with E-state index in [4.69, 9.17) is 0 Å². The van der Waals surface area contributed by atoms with E-state index in [1.165, 1.54) is 22.3 Å². The fraction of sp³-hybridized carbons (Fsp3) is 0.292. The lowest BCUT2D eigenvalue weighted by molar-refractivity contribution is -0.127. The minimum atomic E-state index is -0.993. The van der Waals surface area contributed by atoms with Crippen LogP contribution in [0.3, 0.4) is 0 Å². The van der Waals surface area contributed by atoms with Gasteiger partial charge in [0.15, 0.2) is 0 Å². The average Bonchev–Trinajstić information content (AvgIpc) is 3.47. The third-order valence-electron chi connectivity index (χ3n) is 5.52. The molecule has 1 aliphatic rings. The van der Waals surface area contributed by atoms with Crippen molar-refractivity contribution in [3.05, 3.63) is 82.6 Å². The summed E-state index contributed by atoms with van der Waals surface area (Å²) in [5, 5.41) is 4.98. The van der Waals surface area contributed by atoms with Gasteiger partial charge in [0.05, 0.1) is 12.1 Å². The smallest absolute Gasteiger partial charge is 0.248 e. The number of hydrogen-bond acceptors (Lipinski definition) is 4. The van der Waals surface area contributed by atoms with Crippen molar-refractivity contribution in [3.8, 4) is 0 Å². The predicted octanol–water partition coefficient (Wildman–Crippen LogP) is 4.66. The van der Waals surface area contributed by atoms with Gasteiger partial charge in [-0.2, -0.15) is 0 Å². The molecule has 1 fully saturated rings. The normalized spacial score (nSPS) is 14.9. The van der Waals surface area contributed by atoms with Gasteiger partial charge >= 0.3 is 0 Å². The molecule has 160 valence electrons. The fourth-order valence-corrected chi connectivity index (χ4v) is 4.72. The monoisotopic (exact) mass is 437 g/mol. The van der Waals surface area contributed by atoms with Crippen LogP contribution < -0.4 is 10.2 Å². The third-order valence-corrected chi connectivity index (χ3v) is 6.39. The number of thiophene rings is 1. The topological polar surface area (TPSA) is 62.3 Å². The number of aromatic nitrogens is 1. The molecule has 0 radical (unpaired) electrons. The van der Waals surface area contributed by atoms with Crippen molar-refractivity contribution in [3.63, 3.8) is 0 Å². The molecule has 1 atom stereocenters. The zero-order chi connectivity index (χ0) is 21.6. The maximum Gasteiger partial charge on any atom is 0.248 e. The molecule has 1 aliphatic carbocycles. The van der Waals surface area contributed by atoms with E-state index in [1.54, 1.807) is 42.7 Å². The van der Waals surface area contributed by atoms with Crippen molar-refractivity contribution >= 4 is 28.8 Å². The second kappa shape index (κ2) is 9.83. The lowest BCUT2D eigenvalue weighted by Gasteiger charge is -2.32. The second-order valence-corrected chi connectivity index (χ2v) is 8.68. The van der Waals surface area contributed by atoms with Crippen molar-refractivity contribution < 1.29 is 14.0 Å². The van der Waals surface area contributed by atoms with Crippen molar-refractivity contribution in [2.45, 2.75) is 44.2 Å². The summed E-state index contributed by atoms with van der Waals surface area (Å²) in [6, 6.07) is 12.3. The van der Waals surface area contributed by atoms with Gasteiger partial charge in [-0.05, 0) is 54.1 Å². The van der Waals surface area contributed by atoms with Gasteiger partial charge in [-0.1, -0.05) is 31.0 Å². The molecule has 0 spiro atoms. The molecule has 1 saturated carbocycles. The molecule has 7 heteroatoms. The molecule has 31 heavy (non-hydrogen) atoms. The van der Waals surface area contributed by atoms with Crippen LogP contribution in [0.1, 0.15) is 42.2 Å². The van der Waals surface area contributed by atoms with Crippen molar-refractivity contribution in [2.24, 2.45) is 0 Å². The highest BCUT2D eigenvalue weighted by Crippen LogP contribution is 2.31. The summed E-state index contributed by atoms with van der Waals surface area (Å²) in [4.78, 5) is 33.2. The maximum absolute atomic E-state index is 14.9. The summed E-state index contributed by atoms with van der Waals surface area (Å²) >= 11 is 1.46. The summed E-state index contributed by atoms with van der Waals surface area (Å²) in [7, 11) is 0. The number of pyridine rings is 1. The number of nitrogens with zero attached hydrogens (tertiary/aromatic N) is 2. The lowest BCUT2D eigenvalue weighted by atomic mass is 10.0. The first-order valence-electron chi connectivity index (χ1n) is 10.4. The Kier molecular flexibility index (Phi) is 6.72. The number of anilines is 1. The van der Waals surface area contributed by atoms with Crippen molar-refractivity contribution in [1.29, 1.82) is 0 Å². The van der Waals surface area contributed by atoms with E-state index in [-0.39, 0.29) is 30.0 Å². The van der Waals surface area contributed by atoms with Crippen LogP contribution in [0, 0.1) is 5.82 Å². The number of benzene rings is 1. The van der Waals surface area contributed by atoms with Gasteiger partial charge in [-0.3, -0.25) is 19.5 Å². The Balaban J connectivity index is 1.75. The number of amides is 2. The van der Waals surface area contributed by atoms with Gasteiger partial charge in [0, 0.05) is 23.3 Å². The van der Waals surface area contributed by atoms with Crippen LogP contribution >= 0.6 is 11.3 Å². The Labute approximate surface area is 184 Å². The van der Waals surface area contributed by atoms with E-state index >= 15 is 0 Å². The number of rotatable bonds is 7. The molecular weight excluding hydrogens is 413 g/mol. The highest BCUT2D eigenvalue weighted by atomic mass is 32.1. The van der Waals surface area contributed by atoms with Crippen molar-refractivity contribution in [1.82, 2.24) is 10.3 Å². The van der Waals surface area contributed by atoms with Crippen LogP contribution in [-0.2, 0) is 16.0 Å². The highest BCUT2D eigenvalue weighted by Gasteiger charge is 2.35. The Morgan fingerprint density at radius 2 is 1.84 bits per heavy atom. The quantitative estimate of drug-likeness (QED) is 0.585. The largest absolute Gasteiger partial charge is 0.351 e. The molecular formula is C24H24FN3O2S. The van der Waals surface area contributed by atoms with Crippen LogP contribution in [0.4, 0.5) is 10.1 Å². The summed E-state index contributed by atoms with van der Waals surface area (Å²) in [6.07, 6.45) is 7.21. The number of carbonyl (C=O) groups excluding carboxylic acids is 2. The van der Waals surface area contributed by atoms with Crippen molar-refractivity contribution in [2.75, 3.05) is 4.90 Å².